The molecule has 0 aliphatic rings. The molecule has 0 N–H and O–H groups in total. The zero-order chi connectivity index (χ0) is 5.91. The molecule has 0 saturated carbocycles. The number of hydrogen-bond acceptors (Lipinski definition) is 2. The average molecular weight is 143 g/mol. The smallest absolute Gasteiger partial charge is 0.218 e. The quantitative estimate of drug-likeness (QED) is 0.234. The van der Waals surface area contributed by atoms with Crippen LogP contribution in [0.15, 0.2) is 4.66 Å². The van der Waals surface area contributed by atoms with Crippen LogP contribution in [-0.4, -0.2) is 14.4 Å². The van der Waals surface area contributed by atoms with Gasteiger partial charge in [0.05, 0.1) is 5.16 Å². The Labute approximate surface area is 44.5 Å². The molecule has 0 heterocycles. The topological polar surface area (TPSA) is 12.4 Å². The van der Waals surface area contributed by atoms with E-state index in [0.717, 1.165) is 0 Å². The Morgan fingerprint density at radius 3 is 1.86 bits per heavy atom. The van der Waals surface area contributed by atoms with Gasteiger partial charge >= 0.3 is 9.24 Å². The molecule has 0 unspecified atom stereocenters. The van der Waals surface area contributed by atoms with E-state index in [4.69, 9.17) is 0 Å². The van der Waals surface area contributed by atoms with Gasteiger partial charge in [-0.1, -0.05) is 0 Å². The molecule has 0 spiro atoms. The van der Waals surface area contributed by atoms with Crippen molar-refractivity contribution in [3.8, 4) is 0 Å². The summed E-state index contributed by atoms with van der Waals surface area (Å²) in [6, 6.07) is 0. The van der Waals surface area contributed by atoms with Crippen LogP contribution >= 0.6 is 12.2 Å². The van der Waals surface area contributed by atoms with E-state index in [1.165, 1.54) is 5.16 Å². The molecule has 0 bridgehead atoms. The summed E-state index contributed by atoms with van der Waals surface area (Å²) in [5.41, 5.74) is 0. The number of nitrogens with zero attached hydrogens (tertiary/aromatic N) is 1. The predicted octanol–water partition coefficient (Wildman–Crippen LogP) is 1.43. The Balaban J connectivity index is 3.80. The van der Waals surface area contributed by atoms with E-state index in [2.05, 4.69) is 12.2 Å². The molecular weight excluding hydrogens is 143 g/mol. The number of rotatable bonds is 1. The third kappa shape index (κ3) is 5.81. The molecule has 0 saturated heterocycles. The van der Waals surface area contributed by atoms with Crippen LogP contribution in [0.2, 0.25) is 0 Å². The predicted molar refractivity (Wildman–Crippen MR) is 24.1 cm³/mol. The number of halogens is 3. The summed E-state index contributed by atoms with van der Waals surface area (Å²) in [5, 5.41) is 1.25. The lowest BCUT2D eigenvalue weighted by atomic mass is 11.8. The fraction of sp³-hybridized carbons (Fsp3) is 0. The average Bonchev–Trinajstić information content (AvgIpc) is 1.30. The zero-order valence-corrected chi connectivity index (χ0v) is 4.81. The van der Waals surface area contributed by atoms with Gasteiger partial charge in [-0.2, -0.15) is 4.66 Å². The Hall–Kier alpha value is -0.193. The first-order chi connectivity index (χ1) is 3.06. The zero-order valence-electron chi connectivity index (χ0n) is 2.99. The van der Waals surface area contributed by atoms with Crippen molar-refractivity contribution in [2.75, 3.05) is 0 Å². The fourth-order valence-corrected chi connectivity index (χ4v) is 0.466. The Kier molecular flexibility index (Phi) is 2.14. The molecule has 0 aromatic heterocycles. The molecule has 0 radical (unpaired) electrons. The van der Waals surface area contributed by atoms with Crippen molar-refractivity contribution in [2.24, 2.45) is 4.66 Å². The molecular formula is CF3NSSi. The minimum atomic E-state index is -5.75. The van der Waals surface area contributed by atoms with Crippen LogP contribution in [0.4, 0.5) is 12.3 Å². The summed E-state index contributed by atoms with van der Waals surface area (Å²) in [4.78, 5) is 0. The summed E-state index contributed by atoms with van der Waals surface area (Å²) in [7, 11) is -5.75. The van der Waals surface area contributed by atoms with Crippen molar-refractivity contribution >= 4 is 26.6 Å². The van der Waals surface area contributed by atoms with Crippen LogP contribution in [0, 0.1) is 0 Å². The van der Waals surface area contributed by atoms with Gasteiger partial charge in [0.15, 0.2) is 0 Å². The fourth-order valence-electron chi connectivity index (χ4n) is 0.0518. The summed E-state index contributed by atoms with van der Waals surface area (Å²) in [6.45, 7) is 0. The molecule has 0 aliphatic heterocycles. The third-order valence-electron chi connectivity index (χ3n) is 0.172. The van der Waals surface area contributed by atoms with E-state index in [1.807, 2.05) is 4.66 Å². The van der Waals surface area contributed by atoms with Crippen molar-refractivity contribution in [3.63, 3.8) is 0 Å². The second-order valence-corrected chi connectivity index (χ2v) is 2.01. The molecule has 6 heteroatoms. The van der Waals surface area contributed by atoms with E-state index in [9.17, 15) is 12.3 Å². The molecule has 0 fully saturated rings. The van der Waals surface area contributed by atoms with E-state index >= 15 is 0 Å². The standard InChI is InChI=1S/CF3NSSi/c2-7(3,4)5-1-6. The molecule has 40 valence electrons. The minimum absolute atomic E-state index is 1.25. The Morgan fingerprint density at radius 1 is 1.43 bits per heavy atom. The van der Waals surface area contributed by atoms with Gasteiger partial charge < -0.3 is 0 Å². The largest absolute Gasteiger partial charge is 0.782 e. The van der Waals surface area contributed by atoms with Crippen LogP contribution in [-0.2, 0) is 0 Å². The van der Waals surface area contributed by atoms with Crippen LogP contribution in [0.5, 0.6) is 0 Å². The maximum atomic E-state index is 10.9. The molecule has 0 aromatic rings. The molecule has 0 rings (SSSR count). The van der Waals surface area contributed by atoms with Gasteiger partial charge in [-0.25, -0.2) is 12.3 Å². The molecule has 0 aromatic carbocycles. The van der Waals surface area contributed by atoms with Crippen molar-refractivity contribution in [1.82, 2.24) is 0 Å². The summed E-state index contributed by atoms with van der Waals surface area (Å²) in [5.74, 6) is 0. The van der Waals surface area contributed by atoms with E-state index < -0.39 is 9.24 Å². The number of isothiocyanates is 1. The van der Waals surface area contributed by atoms with Gasteiger partial charge in [-0.3, -0.25) is 0 Å². The highest BCUT2D eigenvalue weighted by molar-refractivity contribution is 7.78. The number of thiocarbonyl (C=S) groups is 1. The van der Waals surface area contributed by atoms with Gasteiger partial charge in [0.25, 0.3) is 0 Å². The maximum Gasteiger partial charge on any atom is 0.782 e. The van der Waals surface area contributed by atoms with Crippen molar-refractivity contribution in [2.45, 2.75) is 0 Å². The first-order valence-electron chi connectivity index (χ1n) is 1.22. The van der Waals surface area contributed by atoms with E-state index in [1.54, 1.807) is 0 Å². The van der Waals surface area contributed by atoms with E-state index in [0.29, 0.717) is 0 Å². The normalized spacial score (nSPS) is 10.1. The molecule has 7 heavy (non-hydrogen) atoms. The van der Waals surface area contributed by atoms with E-state index in [-0.39, 0.29) is 0 Å². The Morgan fingerprint density at radius 2 is 1.86 bits per heavy atom. The van der Waals surface area contributed by atoms with Crippen LogP contribution < -0.4 is 0 Å². The van der Waals surface area contributed by atoms with Gasteiger partial charge in [-0.15, -0.1) is 0 Å². The second kappa shape index (κ2) is 2.20. The summed E-state index contributed by atoms with van der Waals surface area (Å²) >= 11 is 3.70. The summed E-state index contributed by atoms with van der Waals surface area (Å²) in [6.07, 6.45) is 0. The highest BCUT2D eigenvalue weighted by Crippen LogP contribution is 2.06. The minimum Gasteiger partial charge on any atom is -0.218 e. The van der Waals surface area contributed by atoms with Gasteiger partial charge in [0.2, 0.25) is 0 Å². The highest BCUT2D eigenvalue weighted by atomic mass is 32.1. The van der Waals surface area contributed by atoms with Crippen molar-refractivity contribution in [3.05, 3.63) is 0 Å². The van der Waals surface area contributed by atoms with Crippen LogP contribution in [0.1, 0.15) is 0 Å². The molecule has 1 nitrogen and oxygen atoms in total. The first kappa shape index (κ1) is 6.81. The second-order valence-electron chi connectivity index (χ2n) is 0.671. The lowest BCUT2D eigenvalue weighted by Gasteiger charge is -1.83. The van der Waals surface area contributed by atoms with Crippen LogP contribution in [0.25, 0.3) is 0 Å². The SMILES string of the molecule is F[Si](F)(F)N=C=S. The van der Waals surface area contributed by atoms with Crippen molar-refractivity contribution < 1.29 is 12.3 Å². The van der Waals surface area contributed by atoms with Gasteiger partial charge in [-0.05, 0) is 12.2 Å². The molecule has 0 aliphatic carbocycles. The Bertz CT molecular complexity index is 102. The van der Waals surface area contributed by atoms with Gasteiger partial charge in [0.1, 0.15) is 0 Å². The third-order valence-corrected chi connectivity index (χ3v) is 0.791. The monoisotopic (exact) mass is 143 g/mol. The lowest BCUT2D eigenvalue weighted by Crippen LogP contribution is -2.09. The van der Waals surface area contributed by atoms with Crippen molar-refractivity contribution in [1.29, 1.82) is 0 Å². The lowest BCUT2D eigenvalue weighted by molar-refractivity contribution is 0.477. The highest BCUT2D eigenvalue weighted by Gasteiger charge is 2.37. The van der Waals surface area contributed by atoms with Gasteiger partial charge in [0, 0.05) is 0 Å². The molecule has 0 amide bonds. The summed E-state index contributed by atoms with van der Waals surface area (Å²) < 4.78 is 34.7. The van der Waals surface area contributed by atoms with Crippen LogP contribution in [0.3, 0.4) is 0 Å². The first-order valence-corrected chi connectivity index (χ1v) is 3.21. The molecule has 0 atom stereocenters. The maximum absolute atomic E-state index is 10.9. The number of hydrogen-bond donors (Lipinski definition) is 0.